The first-order valence-corrected chi connectivity index (χ1v) is 16.6. The maximum absolute atomic E-state index is 13.7. The van der Waals surface area contributed by atoms with E-state index in [1.807, 2.05) is 49.4 Å². The second kappa shape index (κ2) is 16.4. The van der Waals surface area contributed by atoms with Crippen LogP contribution in [-0.4, -0.2) is 49.2 Å². The van der Waals surface area contributed by atoms with Crippen LogP contribution in [0.3, 0.4) is 0 Å². The average Bonchev–Trinajstić information content (AvgIpc) is 3.55. The van der Waals surface area contributed by atoms with Crippen LogP contribution in [0.15, 0.2) is 108 Å². The fourth-order valence-corrected chi connectivity index (χ4v) is 6.25. The number of anilines is 2. The molecule has 1 aromatic heterocycles. The number of rotatable bonds is 13. The third-order valence-electron chi connectivity index (χ3n) is 7.03. The molecule has 0 spiro atoms. The van der Waals surface area contributed by atoms with Crippen LogP contribution >= 0.6 is 23.1 Å². The Bertz CT molecular complexity index is 1950. The summed E-state index contributed by atoms with van der Waals surface area (Å²) in [5.41, 5.74) is 2.10. The highest BCUT2D eigenvalue weighted by Crippen LogP contribution is 2.38. The van der Waals surface area contributed by atoms with Gasteiger partial charge >= 0.3 is 0 Å². The lowest BCUT2D eigenvalue weighted by Gasteiger charge is -2.17. The smallest absolute Gasteiger partial charge is 0.272 e. The van der Waals surface area contributed by atoms with Gasteiger partial charge in [0.2, 0.25) is 11.0 Å². The van der Waals surface area contributed by atoms with Crippen LogP contribution in [0.4, 0.5) is 10.8 Å². The first-order chi connectivity index (χ1) is 23.8. The molecule has 250 valence electrons. The highest BCUT2D eigenvalue weighted by Gasteiger charge is 2.24. The zero-order chi connectivity index (χ0) is 34.8. The molecule has 1 unspecified atom stereocenters. The van der Waals surface area contributed by atoms with Crippen molar-refractivity contribution >= 4 is 57.7 Å². The molecule has 0 saturated heterocycles. The molecule has 4 aromatic carbocycles. The SMILES string of the molecule is COc1cc(OC)c(OC)cc1/C=C(\NC(=O)c1ccccc1)C(=O)Nc1ccc(SC(C(=O)Nc2nnc(C)s2)c2ccccc2)cc1. The Morgan fingerprint density at radius 3 is 2.02 bits per heavy atom. The van der Waals surface area contributed by atoms with E-state index in [1.54, 1.807) is 54.6 Å². The first-order valence-electron chi connectivity index (χ1n) is 14.9. The quantitative estimate of drug-likeness (QED) is 0.0901. The number of carbonyl (C=O) groups is 3. The van der Waals surface area contributed by atoms with Crippen molar-refractivity contribution in [2.24, 2.45) is 0 Å². The van der Waals surface area contributed by atoms with Gasteiger partial charge in [-0.2, -0.15) is 0 Å². The molecule has 1 atom stereocenters. The Morgan fingerprint density at radius 2 is 1.41 bits per heavy atom. The molecule has 0 aliphatic heterocycles. The second-order valence-electron chi connectivity index (χ2n) is 10.3. The summed E-state index contributed by atoms with van der Waals surface area (Å²) in [5, 5.41) is 17.0. The molecule has 1 heterocycles. The number of aromatic nitrogens is 2. The molecule has 0 saturated carbocycles. The highest BCUT2D eigenvalue weighted by molar-refractivity contribution is 8.00. The van der Waals surface area contributed by atoms with Gasteiger partial charge in [0.1, 0.15) is 21.7 Å². The van der Waals surface area contributed by atoms with Crippen LogP contribution in [0.5, 0.6) is 17.2 Å². The van der Waals surface area contributed by atoms with Crippen molar-refractivity contribution in [3.05, 3.63) is 124 Å². The van der Waals surface area contributed by atoms with Crippen LogP contribution in [0.1, 0.15) is 31.7 Å². The molecular weight excluding hydrogens is 663 g/mol. The van der Waals surface area contributed by atoms with Crippen molar-refractivity contribution < 1.29 is 28.6 Å². The summed E-state index contributed by atoms with van der Waals surface area (Å²) in [7, 11) is 4.50. The van der Waals surface area contributed by atoms with Crippen LogP contribution in [0, 0.1) is 6.92 Å². The first kappa shape index (κ1) is 34.7. The number of nitrogens with zero attached hydrogens (tertiary/aromatic N) is 2. The number of thioether (sulfide) groups is 1. The molecule has 0 fully saturated rings. The van der Waals surface area contributed by atoms with Gasteiger partial charge in [-0.15, -0.1) is 22.0 Å². The number of hydrogen-bond donors (Lipinski definition) is 3. The summed E-state index contributed by atoms with van der Waals surface area (Å²) in [6.07, 6.45) is 1.50. The van der Waals surface area contributed by atoms with Crippen LogP contribution in [-0.2, 0) is 9.59 Å². The number of carbonyl (C=O) groups excluding carboxylic acids is 3. The van der Waals surface area contributed by atoms with E-state index in [-0.39, 0.29) is 11.6 Å². The Balaban J connectivity index is 1.38. The van der Waals surface area contributed by atoms with Gasteiger partial charge in [0.25, 0.3) is 11.8 Å². The summed E-state index contributed by atoms with van der Waals surface area (Å²) in [6.45, 7) is 1.82. The topological polar surface area (TPSA) is 141 Å². The molecular formula is C36H33N5O6S2. The fourth-order valence-electron chi connectivity index (χ4n) is 4.63. The second-order valence-corrected chi connectivity index (χ2v) is 12.7. The molecule has 5 rings (SSSR count). The lowest BCUT2D eigenvalue weighted by molar-refractivity contribution is -0.116. The van der Waals surface area contributed by atoms with E-state index < -0.39 is 17.1 Å². The normalized spacial score (nSPS) is 11.6. The molecule has 11 nitrogen and oxygen atoms in total. The van der Waals surface area contributed by atoms with Gasteiger partial charge in [0, 0.05) is 27.8 Å². The number of aryl methyl sites for hydroxylation is 1. The minimum Gasteiger partial charge on any atom is -0.496 e. The van der Waals surface area contributed by atoms with Crippen LogP contribution in [0.25, 0.3) is 6.08 Å². The standard InChI is InChI=1S/C36H33N5O6S2/c1-22-40-41-36(48-22)39-35(44)32(23-11-7-5-8-12-23)49-27-17-15-26(16-18-27)37-34(43)28(38-33(42)24-13-9-6-10-14-24)19-25-20-30(46-3)31(47-4)21-29(25)45-2/h5-21,32H,1-4H3,(H,37,43)(H,38,42)(H,39,41,44)/b28-19-. The molecule has 0 radical (unpaired) electrons. The van der Waals surface area contributed by atoms with Gasteiger partial charge in [0.05, 0.1) is 21.3 Å². The molecule has 0 aliphatic carbocycles. The third-order valence-corrected chi connectivity index (χ3v) is 9.05. The number of nitrogens with one attached hydrogen (secondary N) is 3. The Hall–Kier alpha value is -5.66. The van der Waals surface area contributed by atoms with Gasteiger partial charge < -0.3 is 24.8 Å². The van der Waals surface area contributed by atoms with Gasteiger partial charge in [-0.25, -0.2) is 0 Å². The monoisotopic (exact) mass is 695 g/mol. The van der Waals surface area contributed by atoms with E-state index in [2.05, 4.69) is 26.1 Å². The molecule has 3 amide bonds. The number of ether oxygens (including phenoxy) is 3. The minimum atomic E-state index is -0.579. The number of benzene rings is 4. The molecule has 3 N–H and O–H groups in total. The van der Waals surface area contributed by atoms with Crippen molar-refractivity contribution in [2.45, 2.75) is 17.1 Å². The molecule has 0 bridgehead atoms. The van der Waals surface area contributed by atoms with Gasteiger partial charge in [0.15, 0.2) is 11.5 Å². The van der Waals surface area contributed by atoms with Crippen molar-refractivity contribution in [2.75, 3.05) is 32.0 Å². The van der Waals surface area contributed by atoms with Crippen LogP contribution < -0.4 is 30.2 Å². The molecule has 0 aliphatic rings. The molecule has 49 heavy (non-hydrogen) atoms. The van der Waals surface area contributed by atoms with Crippen molar-refractivity contribution in [1.29, 1.82) is 0 Å². The molecule has 13 heteroatoms. The van der Waals surface area contributed by atoms with Crippen molar-refractivity contribution in [3.8, 4) is 17.2 Å². The van der Waals surface area contributed by atoms with E-state index in [0.717, 1.165) is 15.5 Å². The Kier molecular flexibility index (Phi) is 11.6. The minimum absolute atomic E-state index is 0.0365. The summed E-state index contributed by atoms with van der Waals surface area (Å²) < 4.78 is 16.4. The number of hydrogen-bond acceptors (Lipinski definition) is 10. The lowest BCUT2D eigenvalue weighted by atomic mass is 10.1. The number of methoxy groups -OCH3 is 3. The van der Waals surface area contributed by atoms with Gasteiger partial charge in [-0.1, -0.05) is 59.9 Å². The maximum Gasteiger partial charge on any atom is 0.272 e. The Labute approximate surface area is 291 Å². The Morgan fingerprint density at radius 1 is 0.776 bits per heavy atom. The van der Waals surface area contributed by atoms with Crippen LogP contribution in [0.2, 0.25) is 0 Å². The zero-order valence-electron chi connectivity index (χ0n) is 27.1. The predicted molar refractivity (Wildman–Crippen MR) is 191 cm³/mol. The third kappa shape index (κ3) is 9.03. The van der Waals surface area contributed by atoms with Gasteiger partial charge in [-0.3, -0.25) is 19.7 Å². The summed E-state index contributed by atoms with van der Waals surface area (Å²) >= 11 is 2.66. The van der Waals surface area contributed by atoms with Crippen molar-refractivity contribution in [3.63, 3.8) is 0 Å². The van der Waals surface area contributed by atoms with E-state index >= 15 is 0 Å². The average molecular weight is 696 g/mol. The largest absolute Gasteiger partial charge is 0.496 e. The highest BCUT2D eigenvalue weighted by atomic mass is 32.2. The predicted octanol–water partition coefficient (Wildman–Crippen LogP) is 6.75. The van der Waals surface area contributed by atoms with E-state index in [0.29, 0.717) is 39.2 Å². The summed E-state index contributed by atoms with van der Waals surface area (Å²) in [5.74, 6) is -0.0258. The zero-order valence-corrected chi connectivity index (χ0v) is 28.7. The van der Waals surface area contributed by atoms with Crippen molar-refractivity contribution in [1.82, 2.24) is 15.5 Å². The molecule has 5 aromatic rings. The van der Waals surface area contributed by atoms with E-state index in [9.17, 15) is 14.4 Å². The summed E-state index contributed by atoms with van der Waals surface area (Å²) in [4.78, 5) is 41.0. The number of amides is 3. The lowest BCUT2D eigenvalue weighted by Crippen LogP contribution is -2.30. The van der Waals surface area contributed by atoms with Gasteiger partial charge in [-0.05, 0) is 61.0 Å². The van der Waals surface area contributed by atoms with E-state index in [4.69, 9.17) is 14.2 Å². The summed E-state index contributed by atoms with van der Waals surface area (Å²) in [6, 6.07) is 28.3. The fraction of sp³-hybridized carbons (Fsp3) is 0.139. The maximum atomic E-state index is 13.7. The van der Waals surface area contributed by atoms with E-state index in [1.165, 1.54) is 50.5 Å².